The number of benzene rings is 1. The second kappa shape index (κ2) is 8.18. The molecule has 0 spiro atoms. The Morgan fingerprint density at radius 2 is 2.00 bits per heavy atom. The zero-order chi connectivity index (χ0) is 13.0. The number of nitrogens with one attached hydrogen (secondary N) is 1. The van der Waals surface area contributed by atoms with Gasteiger partial charge < -0.3 is 10.1 Å². The van der Waals surface area contributed by atoms with Crippen LogP contribution in [0.2, 0.25) is 10.0 Å². The van der Waals surface area contributed by atoms with E-state index < -0.39 is 0 Å². The molecule has 1 aromatic carbocycles. The lowest BCUT2D eigenvalue weighted by molar-refractivity contribution is 0.143. The van der Waals surface area contributed by atoms with Gasteiger partial charge in [-0.15, -0.1) is 12.4 Å². The monoisotopic (exact) mass is 324 g/mol. The first-order chi connectivity index (χ1) is 8.65. The summed E-state index contributed by atoms with van der Waals surface area (Å²) in [6, 6.07) is 5.84. The summed E-state index contributed by atoms with van der Waals surface area (Å²) in [5, 5.41) is 4.58. The molecule has 1 heterocycles. The summed E-state index contributed by atoms with van der Waals surface area (Å²) in [4.78, 5) is 2.42. The average molecular weight is 326 g/mol. The predicted octanol–water partition coefficient (Wildman–Crippen LogP) is 3.09. The third-order valence-corrected chi connectivity index (χ3v) is 3.56. The molecule has 0 radical (unpaired) electrons. The predicted molar refractivity (Wildman–Crippen MR) is 83.1 cm³/mol. The Morgan fingerprint density at radius 1 is 1.32 bits per heavy atom. The van der Waals surface area contributed by atoms with Gasteiger partial charge >= 0.3 is 0 Å². The van der Waals surface area contributed by atoms with Gasteiger partial charge in [-0.25, -0.2) is 0 Å². The molecule has 0 saturated carbocycles. The van der Waals surface area contributed by atoms with Crippen LogP contribution in [0.15, 0.2) is 18.2 Å². The van der Waals surface area contributed by atoms with E-state index in [2.05, 4.69) is 17.1 Å². The van der Waals surface area contributed by atoms with Crippen molar-refractivity contribution in [2.45, 2.75) is 13.0 Å². The van der Waals surface area contributed by atoms with Crippen LogP contribution >= 0.6 is 35.6 Å². The van der Waals surface area contributed by atoms with Crippen LogP contribution in [0.4, 0.5) is 0 Å². The van der Waals surface area contributed by atoms with Crippen molar-refractivity contribution < 1.29 is 4.74 Å². The van der Waals surface area contributed by atoms with Crippen molar-refractivity contribution in [3.05, 3.63) is 28.2 Å². The van der Waals surface area contributed by atoms with Crippen LogP contribution in [-0.2, 0) is 0 Å². The van der Waals surface area contributed by atoms with Crippen LogP contribution < -0.4 is 10.1 Å². The number of hydrogen-bond acceptors (Lipinski definition) is 3. The minimum atomic E-state index is 0. The van der Waals surface area contributed by atoms with E-state index in [0.29, 0.717) is 22.7 Å². The summed E-state index contributed by atoms with van der Waals surface area (Å²) in [7, 11) is 0. The Hall–Kier alpha value is -0.190. The number of nitrogens with zero attached hydrogens (tertiary/aromatic N) is 1. The Kier molecular flexibility index (Phi) is 7.26. The molecule has 108 valence electrons. The Labute approximate surface area is 130 Å². The molecule has 1 aliphatic heterocycles. The third kappa shape index (κ3) is 5.36. The number of rotatable bonds is 4. The zero-order valence-corrected chi connectivity index (χ0v) is 13.2. The molecule has 0 unspecified atom stereocenters. The van der Waals surface area contributed by atoms with E-state index in [-0.39, 0.29) is 12.4 Å². The van der Waals surface area contributed by atoms with Gasteiger partial charge in [0, 0.05) is 42.3 Å². The fourth-order valence-electron chi connectivity index (χ4n) is 2.11. The summed E-state index contributed by atoms with van der Waals surface area (Å²) in [5.41, 5.74) is 0. The largest absolute Gasteiger partial charge is 0.492 e. The molecule has 0 aliphatic carbocycles. The Balaban J connectivity index is 0.00000180. The Morgan fingerprint density at radius 3 is 2.63 bits per heavy atom. The third-order valence-electron chi connectivity index (χ3n) is 3.12. The van der Waals surface area contributed by atoms with Crippen LogP contribution in [0, 0.1) is 0 Å². The maximum atomic E-state index is 5.92. The van der Waals surface area contributed by atoms with Gasteiger partial charge in [-0.1, -0.05) is 23.2 Å². The van der Waals surface area contributed by atoms with E-state index in [1.807, 2.05) is 0 Å². The molecule has 0 amide bonds. The molecule has 19 heavy (non-hydrogen) atoms. The average Bonchev–Trinajstić information content (AvgIpc) is 2.30. The van der Waals surface area contributed by atoms with Gasteiger partial charge in [-0.3, -0.25) is 4.90 Å². The molecule has 3 nitrogen and oxygen atoms in total. The second-order valence-corrected chi connectivity index (χ2v) is 5.42. The van der Waals surface area contributed by atoms with Gasteiger partial charge in [-0.05, 0) is 25.1 Å². The van der Waals surface area contributed by atoms with Crippen LogP contribution in [0.5, 0.6) is 5.75 Å². The van der Waals surface area contributed by atoms with Crippen molar-refractivity contribution in [2.24, 2.45) is 0 Å². The quantitative estimate of drug-likeness (QED) is 0.920. The first-order valence-corrected chi connectivity index (χ1v) is 6.94. The highest BCUT2D eigenvalue weighted by Gasteiger charge is 2.17. The van der Waals surface area contributed by atoms with Gasteiger partial charge in [0.1, 0.15) is 12.4 Å². The number of hydrogen-bond donors (Lipinski definition) is 1. The van der Waals surface area contributed by atoms with Crippen molar-refractivity contribution in [1.82, 2.24) is 10.2 Å². The molecule has 0 aromatic heterocycles. The number of halogens is 3. The summed E-state index contributed by atoms with van der Waals surface area (Å²) >= 11 is 11.8. The van der Waals surface area contributed by atoms with E-state index in [1.165, 1.54) is 0 Å². The minimum absolute atomic E-state index is 0. The highest BCUT2D eigenvalue weighted by atomic mass is 35.5. The van der Waals surface area contributed by atoms with Gasteiger partial charge in [0.25, 0.3) is 0 Å². The molecule has 6 heteroatoms. The molecule has 1 aliphatic rings. The number of piperazine rings is 1. The normalized spacial score (nSPS) is 19.8. The van der Waals surface area contributed by atoms with Gasteiger partial charge in [0.15, 0.2) is 0 Å². The standard InChI is InChI=1S/C13H18Cl2N2O.ClH/c1-10-9-16-2-3-17(10)4-5-18-13-7-11(14)6-12(15)8-13;/h6-8,10,16H,2-5,9H2,1H3;1H/t10-;/m0./s1. The van der Waals surface area contributed by atoms with Crippen LogP contribution in [0.1, 0.15) is 6.92 Å². The van der Waals surface area contributed by atoms with E-state index in [9.17, 15) is 0 Å². The van der Waals surface area contributed by atoms with Crippen molar-refractivity contribution >= 4 is 35.6 Å². The molecule has 2 rings (SSSR count). The SMILES string of the molecule is C[C@H]1CNCCN1CCOc1cc(Cl)cc(Cl)c1.Cl. The second-order valence-electron chi connectivity index (χ2n) is 4.54. The maximum Gasteiger partial charge on any atom is 0.122 e. The summed E-state index contributed by atoms with van der Waals surface area (Å²) in [6.07, 6.45) is 0. The topological polar surface area (TPSA) is 24.5 Å². The van der Waals surface area contributed by atoms with Gasteiger partial charge in [-0.2, -0.15) is 0 Å². The van der Waals surface area contributed by atoms with Crippen molar-refractivity contribution in [3.63, 3.8) is 0 Å². The summed E-state index contributed by atoms with van der Waals surface area (Å²) < 4.78 is 5.69. The lowest BCUT2D eigenvalue weighted by atomic mass is 10.2. The van der Waals surface area contributed by atoms with Crippen molar-refractivity contribution in [1.29, 1.82) is 0 Å². The minimum Gasteiger partial charge on any atom is -0.492 e. The van der Waals surface area contributed by atoms with Crippen LogP contribution in [0.3, 0.4) is 0 Å². The summed E-state index contributed by atoms with van der Waals surface area (Å²) in [5.74, 6) is 0.732. The first-order valence-electron chi connectivity index (χ1n) is 6.19. The lowest BCUT2D eigenvalue weighted by Crippen LogP contribution is -2.50. The molecular formula is C13H19Cl3N2O. The van der Waals surface area contributed by atoms with E-state index in [4.69, 9.17) is 27.9 Å². The van der Waals surface area contributed by atoms with E-state index >= 15 is 0 Å². The number of ether oxygens (including phenoxy) is 1. The Bertz CT molecular complexity index is 383. The first kappa shape index (κ1) is 16.9. The van der Waals surface area contributed by atoms with Crippen LogP contribution in [0.25, 0.3) is 0 Å². The van der Waals surface area contributed by atoms with Crippen molar-refractivity contribution in [2.75, 3.05) is 32.8 Å². The fraction of sp³-hybridized carbons (Fsp3) is 0.538. The fourth-order valence-corrected chi connectivity index (χ4v) is 2.61. The molecular weight excluding hydrogens is 307 g/mol. The lowest BCUT2D eigenvalue weighted by Gasteiger charge is -2.33. The molecule has 1 saturated heterocycles. The van der Waals surface area contributed by atoms with Gasteiger partial charge in [0.05, 0.1) is 0 Å². The van der Waals surface area contributed by atoms with Crippen molar-refractivity contribution in [3.8, 4) is 5.75 Å². The highest BCUT2D eigenvalue weighted by molar-refractivity contribution is 6.34. The molecule has 1 atom stereocenters. The zero-order valence-electron chi connectivity index (χ0n) is 10.9. The van der Waals surface area contributed by atoms with E-state index in [0.717, 1.165) is 31.9 Å². The maximum absolute atomic E-state index is 5.92. The smallest absolute Gasteiger partial charge is 0.122 e. The summed E-state index contributed by atoms with van der Waals surface area (Å²) in [6.45, 7) is 6.97. The molecule has 1 aromatic rings. The molecule has 0 bridgehead atoms. The highest BCUT2D eigenvalue weighted by Crippen LogP contribution is 2.24. The van der Waals surface area contributed by atoms with Crippen LogP contribution in [-0.4, -0.2) is 43.7 Å². The molecule has 1 fully saturated rings. The van der Waals surface area contributed by atoms with Gasteiger partial charge in [0.2, 0.25) is 0 Å². The van der Waals surface area contributed by atoms with E-state index in [1.54, 1.807) is 18.2 Å². The molecule has 1 N–H and O–H groups in total.